The molecule has 30 heavy (non-hydrogen) atoms. The number of aromatic amines is 1. The molecule has 0 spiro atoms. The fourth-order valence-electron chi connectivity index (χ4n) is 6.57. The average molecular weight is 410 g/mol. The number of nitrogens with one attached hydrogen (secondary N) is 2. The summed E-state index contributed by atoms with van der Waals surface area (Å²) in [5.74, 6) is 2.06. The number of aryl methyl sites for hydroxylation is 1. The number of hydrogen-bond acceptors (Lipinski definition) is 4. The number of aromatic nitrogens is 3. The molecule has 2 heterocycles. The van der Waals surface area contributed by atoms with Crippen molar-refractivity contribution >= 4 is 5.91 Å². The largest absolute Gasteiger partial charge is 0.346 e. The highest BCUT2D eigenvalue weighted by Crippen LogP contribution is 2.55. The Hall–Kier alpha value is -2.41. The van der Waals surface area contributed by atoms with Crippen molar-refractivity contribution in [2.45, 2.75) is 57.2 Å². The lowest BCUT2D eigenvalue weighted by Gasteiger charge is -2.56. The summed E-state index contributed by atoms with van der Waals surface area (Å²) in [4.78, 5) is 30.7. The van der Waals surface area contributed by atoms with Crippen molar-refractivity contribution < 1.29 is 4.79 Å². The van der Waals surface area contributed by atoms with Crippen LogP contribution in [-0.2, 0) is 20.1 Å². The van der Waals surface area contributed by atoms with Gasteiger partial charge in [0.1, 0.15) is 5.56 Å². The van der Waals surface area contributed by atoms with Gasteiger partial charge in [-0.05, 0) is 75.5 Å². The van der Waals surface area contributed by atoms with Crippen LogP contribution in [0.2, 0.25) is 0 Å². The molecule has 0 aliphatic heterocycles. The number of amides is 1. The second-order valence-corrected chi connectivity index (χ2v) is 10.1. The summed E-state index contributed by atoms with van der Waals surface area (Å²) in [6.07, 6.45) is 11.1. The van der Waals surface area contributed by atoms with E-state index in [4.69, 9.17) is 0 Å². The normalized spacial score (nSPS) is 29.5. The van der Waals surface area contributed by atoms with Gasteiger partial charge in [0, 0.05) is 43.1 Å². The van der Waals surface area contributed by atoms with E-state index in [1.807, 2.05) is 32.6 Å². The van der Waals surface area contributed by atoms with E-state index < -0.39 is 0 Å². The first-order valence-corrected chi connectivity index (χ1v) is 11.1. The van der Waals surface area contributed by atoms with Crippen molar-refractivity contribution in [1.29, 1.82) is 0 Å². The van der Waals surface area contributed by atoms with Crippen LogP contribution in [-0.4, -0.2) is 38.2 Å². The highest BCUT2D eigenvalue weighted by molar-refractivity contribution is 5.94. The quantitative estimate of drug-likeness (QED) is 0.768. The fourth-order valence-corrected chi connectivity index (χ4v) is 6.57. The van der Waals surface area contributed by atoms with Gasteiger partial charge in [0.05, 0.1) is 6.20 Å². The van der Waals surface area contributed by atoms with Crippen LogP contribution in [0.5, 0.6) is 0 Å². The molecule has 0 atom stereocenters. The molecule has 4 aliphatic carbocycles. The first-order chi connectivity index (χ1) is 14.4. The lowest BCUT2D eigenvalue weighted by Crippen LogP contribution is -2.60. The summed E-state index contributed by atoms with van der Waals surface area (Å²) in [7, 11) is 3.90. The molecule has 2 aromatic heterocycles. The van der Waals surface area contributed by atoms with Crippen LogP contribution in [0, 0.1) is 17.8 Å². The maximum atomic E-state index is 13.0. The molecule has 7 nitrogen and oxygen atoms in total. The molecule has 0 radical (unpaired) electrons. The van der Waals surface area contributed by atoms with Gasteiger partial charge in [0.25, 0.3) is 11.5 Å². The lowest BCUT2D eigenvalue weighted by atomic mass is 9.53. The van der Waals surface area contributed by atoms with Gasteiger partial charge < -0.3 is 10.3 Å². The predicted molar refractivity (Wildman–Crippen MR) is 114 cm³/mol. The molecule has 2 aromatic rings. The maximum absolute atomic E-state index is 13.0. The van der Waals surface area contributed by atoms with E-state index in [2.05, 4.69) is 20.3 Å². The molecule has 160 valence electrons. The van der Waals surface area contributed by atoms with Gasteiger partial charge in [0.15, 0.2) is 0 Å². The molecule has 7 heteroatoms. The van der Waals surface area contributed by atoms with Gasteiger partial charge in [-0.3, -0.25) is 19.2 Å². The van der Waals surface area contributed by atoms with Gasteiger partial charge in [-0.2, -0.15) is 5.10 Å². The number of H-pyrrole nitrogens is 1. The first-order valence-electron chi connectivity index (χ1n) is 11.1. The maximum Gasteiger partial charge on any atom is 0.261 e. The van der Waals surface area contributed by atoms with Crippen molar-refractivity contribution in [2.24, 2.45) is 24.8 Å². The molecule has 4 bridgehead atoms. The summed E-state index contributed by atoms with van der Waals surface area (Å²) >= 11 is 0. The zero-order chi connectivity index (χ0) is 20.9. The summed E-state index contributed by atoms with van der Waals surface area (Å²) in [6.45, 7) is 1.34. The van der Waals surface area contributed by atoms with Gasteiger partial charge >= 0.3 is 0 Å². The van der Waals surface area contributed by atoms with E-state index in [-0.39, 0.29) is 22.6 Å². The zero-order valence-corrected chi connectivity index (χ0v) is 17.9. The third-order valence-electron chi connectivity index (χ3n) is 7.28. The molecule has 4 saturated carbocycles. The minimum atomic E-state index is -0.301. The van der Waals surface area contributed by atoms with Gasteiger partial charge in [-0.25, -0.2) is 0 Å². The van der Waals surface area contributed by atoms with E-state index >= 15 is 0 Å². The van der Waals surface area contributed by atoms with Gasteiger partial charge in [-0.15, -0.1) is 0 Å². The van der Waals surface area contributed by atoms with Crippen molar-refractivity contribution in [3.8, 4) is 0 Å². The van der Waals surface area contributed by atoms with E-state index in [0.29, 0.717) is 6.54 Å². The minimum absolute atomic E-state index is 0.0825. The molecule has 0 unspecified atom stereocenters. The topological polar surface area (TPSA) is 83.0 Å². The van der Waals surface area contributed by atoms with Crippen LogP contribution in [0.3, 0.4) is 0 Å². The highest BCUT2D eigenvalue weighted by Gasteiger charge is 2.51. The van der Waals surface area contributed by atoms with Gasteiger partial charge in [-0.1, -0.05) is 0 Å². The van der Waals surface area contributed by atoms with Crippen molar-refractivity contribution in [3.05, 3.63) is 51.7 Å². The van der Waals surface area contributed by atoms with Crippen LogP contribution in [0.1, 0.15) is 60.1 Å². The Morgan fingerprint density at radius 1 is 1.20 bits per heavy atom. The smallest absolute Gasteiger partial charge is 0.261 e. The Balaban J connectivity index is 1.24. The van der Waals surface area contributed by atoms with E-state index in [9.17, 15) is 9.59 Å². The second-order valence-electron chi connectivity index (χ2n) is 10.1. The number of rotatable bonds is 6. The van der Waals surface area contributed by atoms with Crippen molar-refractivity contribution in [1.82, 2.24) is 25.0 Å². The monoisotopic (exact) mass is 409 g/mol. The number of carbonyl (C=O) groups excluding carboxylic acids is 1. The first kappa shape index (κ1) is 19.5. The summed E-state index contributed by atoms with van der Waals surface area (Å²) < 4.78 is 1.78. The Labute approximate surface area is 176 Å². The van der Waals surface area contributed by atoms with Crippen LogP contribution >= 0.6 is 0 Å². The lowest BCUT2D eigenvalue weighted by molar-refractivity contribution is -0.0167. The molecule has 0 saturated heterocycles. The standard InChI is InChI=1S/C23H31N5O2/c1-27(12-18-11-24-28(2)13-18)14-19-3-4-20(21(29)25-19)22(30)26-23-8-15-5-16(9-23)7-17(6-15)10-23/h3-4,11,13,15-17H,5-10,12,14H2,1-2H3,(H,25,29)(H,26,30). The summed E-state index contributed by atoms with van der Waals surface area (Å²) in [5.41, 5.74) is 1.77. The molecular weight excluding hydrogens is 378 g/mol. The van der Waals surface area contributed by atoms with E-state index in [1.165, 1.54) is 19.3 Å². The highest BCUT2D eigenvalue weighted by atomic mass is 16.2. The third-order valence-corrected chi connectivity index (χ3v) is 7.28. The van der Waals surface area contributed by atoms with Crippen LogP contribution < -0.4 is 10.9 Å². The Morgan fingerprint density at radius 2 is 1.87 bits per heavy atom. The third kappa shape index (κ3) is 3.83. The Kier molecular flexibility index (Phi) is 4.81. The van der Waals surface area contributed by atoms with Crippen LogP contribution in [0.25, 0.3) is 0 Å². The SMILES string of the molecule is CN(Cc1cnn(C)c1)Cc1ccc(C(=O)NC23CC4CC(CC(C4)C2)C3)c(=O)[nH]1. The number of pyridine rings is 1. The van der Waals surface area contributed by atoms with Gasteiger partial charge in [0.2, 0.25) is 0 Å². The molecule has 4 fully saturated rings. The fraction of sp³-hybridized carbons (Fsp3) is 0.609. The summed E-state index contributed by atoms with van der Waals surface area (Å²) in [6, 6.07) is 3.54. The second kappa shape index (κ2) is 7.38. The van der Waals surface area contributed by atoms with Crippen LogP contribution in [0.4, 0.5) is 0 Å². The van der Waals surface area contributed by atoms with Crippen molar-refractivity contribution in [2.75, 3.05) is 7.05 Å². The molecule has 4 aliphatic rings. The number of nitrogens with zero attached hydrogens (tertiary/aromatic N) is 3. The van der Waals surface area contributed by atoms with E-state index in [0.717, 1.165) is 54.8 Å². The van der Waals surface area contributed by atoms with E-state index in [1.54, 1.807) is 10.7 Å². The molecular formula is C23H31N5O2. The van der Waals surface area contributed by atoms with Crippen LogP contribution in [0.15, 0.2) is 29.3 Å². The molecule has 6 rings (SSSR count). The number of carbonyl (C=O) groups is 1. The van der Waals surface area contributed by atoms with Crippen molar-refractivity contribution in [3.63, 3.8) is 0 Å². The Morgan fingerprint density at radius 3 is 2.43 bits per heavy atom. The predicted octanol–water partition coefficient (Wildman–Crippen LogP) is 2.44. The molecule has 1 amide bonds. The number of hydrogen-bond donors (Lipinski definition) is 2. The average Bonchev–Trinajstić information content (AvgIpc) is 3.04. The molecule has 0 aromatic carbocycles. The minimum Gasteiger partial charge on any atom is -0.346 e. The Bertz CT molecular complexity index is 972. The molecule has 2 N–H and O–H groups in total. The zero-order valence-electron chi connectivity index (χ0n) is 17.9. The summed E-state index contributed by atoms with van der Waals surface area (Å²) in [5, 5.41) is 7.48.